The molecule has 1 aliphatic rings. The average molecular weight is 461 g/mol. The van der Waals surface area contributed by atoms with Gasteiger partial charge in [-0.2, -0.15) is 0 Å². The van der Waals surface area contributed by atoms with Gasteiger partial charge in [0.25, 0.3) is 0 Å². The van der Waals surface area contributed by atoms with Crippen molar-refractivity contribution in [3.05, 3.63) is 82.9 Å². The molecule has 3 aromatic carbocycles. The molecule has 5 heteroatoms. The summed E-state index contributed by atoms with van der Waals surface area (Å²) in [6.07, 6.45) is 0.792. The number of carbonyl (C=O) groups excluding carboxylic acids is 2. The van der Waals surface area contributed by atoms with Gasteiger partial charge in [0.15, 0.2) is 5.78 Å². The number of halogens is 1. The summed E-state index contributed by atoms with van der Waals surface area (Å²) in [5.41, 5.74) is 5.82. The van der Waals surface area contributed by atoms with Gasteiger partial charge in [-0.25, -0.2) is 0 Å². The Morgan fingerprint density at radius 2 is 1.61 bits per heavy atom. The van der Waals surface area contributed by atoms with Gasteiger partial charge in [0.05, 0.1) is 6.04 Å². The Morgan fingerprint density at radius 3 is 2.21 bits per heavy atom. The highest BCUT2D eigenvalue weighted by Gasteiger charge is 2.32. The summed E-state index contributed by atoms with van der Waals surface area (Å²) >= 11 is 6.06. The Labute approximate surface area is 200 Å². The molecule has 1 aliphatic heterocycles. The molecule has 1 N–H and O–H groups in total. The zero-order valence-electron chi connectivity index (χ0n) is 19.4. The van der Waals surface area contributed by atoms with E-state index < -0.39 is 0 Å². The number of Topliss-reactive ketones (excluding diaryl/α,β-unsaturated/α-hetero) is 1. The van der Waals surface area contributed by atoms with E-state index >= 15 is 0 Å². The molecule has 4 nitrogen and oxygen atoms in total. The standard InChI is InChI=1S/C28H29ClN2O2/c1-17(2)28(33)21-7-5-20(6-8-21)22-9-14-27-25(16-22)26(15-18(3)31(27)19(4)32)30-24-12-10-23(29)11-13-24/h5-14,16-18,26,30H,15H2,1-4H3/t18-,26+/m0/s1. The van der Waals surface area contributed by atoms with Crippen molar-refractivity contribution in [1.82, 2.24) is 0 Å². The van der Waals surface area contributed by atoms with Crippen LogP contribution in [0.4, 0.5) is 11.4 Å². The minimum absolute atomic E-state index is 0.0288. The molecule has 3 aromatic rings. The molecule has 0 saturated carbocycles. The fourth-order valence-electron chi connectivity index (χ4n) is 4.57. The molecule has 0 spiro atoms. The first-order valence-corrected chi connectivity index (χ1v) is 11.7. The molecule has 0 saturated heterocycles. The Hall–Kier alpha value is -3.11. The molecule has 170 valence electrons. The molecule has 0 aromatic heterocycles. The first-order chi connectivity index (χ1) is 15.7. The van der Waals surface area contributed by atoms with Gasteiger partial charge in [0.1, 0.15) is 0 Å². The summed E-state index contributed by atoms with van der Waals surface area (Å²) in [6, 6.07) is 21.8. The van der Waals surface area contributed by atoms with Crippen molar-refractivity contribution in [2.75, 3.05) is 10.2 Å². The number of fused-ring (bicyclic) bond motifs is 1. The number of carbonyl (C=O) groups is 2. The molecule has 33 heavy (non-hydrogen) atoms. The number of rotatable bonds is 5. The molecule has 0 radical (unpaired) electrons. The quantitative estimate of drug-likeness (QED) is 0.411. The van der Waals surface area contributed by atoms with Crippen molar-refractivity contribution in [2.45, 2.75) is 46.2 Å². The van der Waals surface area contributed by atoms with Crippen LogP contribution >= 0.6 is 11.6 Å². The molecule has 1 heterocycles. The molecule has 0 aliphatic carbocycles. The van der Waals surface area contributed by atoms with E-state index in [0.29, 0.717) is 5.02 Å². The predicted molar refractivity (Wildman–Crippen MR) is 136 cm³/mol. The van der Waals surface area contributed by atoms with Gasteiger partial charge in [0.2, 0.25) is 5.91 Å². The minimum atomic E-state index is -0.0288. The molecular weight excluding hydrogens is 432 g/mol. The number of benzene rings is 3. The number of nitrogens with zero attached hydrogens (tertiary/aromatic N) is 1. The van der Waals surface area contributed by atoms with Crippen LogP contribution in [-0.4, -0.2) is 17.7 Å². The third-order valence-electron chi connectivity index (χ3n) is 6.23. The SMILES string of the molecule is CC(=O)N1c2ccc(-c3ccc(C(=O)C(C)C)cc3)cc2[C@H](Nc2ccc(Cl)cc2)C[C@@H]1C. The van der Waals surface area contributed by atoms with Gasteiger partial charge in [-0.1, -0.05) is 55.8 Å². The number of hydrogen-bond donors (Lipinski definition) is 1. The van der Waals surface area contributed by atoms with Crippen LogP contribution in [0, 0.1) is 5.92 Å². The summed E-state index contributed by atoms with van der Waals surface area (Å²) in [4.78, 5) is 26.6. The Morgan fingerprint density at radius 1 is 0.970 bits per heavy atom. The number of nitrogens with one attached hydrogen (secondary N) is 1. The van der Waals surface area contributed by atoms with E-state index in [9.17, 15) is 9.59 Å². The molecule has 0 unspecified atom stereocenters. The van der Waals surface area contributed by atoms with Crippen molar-refractivity contribution >= 4 is 34.7 Å². The highest BCUT2D eigenvalue weighted by molar-refractivity contribution is 6.30. The van der Waals surface area contributed by atoms with Gasteiger partial charge in [-0.3, -0.25) is 9.59 Å². The maximum Gasteiger partial charge on any atom is 0.224 e. The van der Waals surface area contributed by atoms with Gasteiger partial charge in [-0.05, 0) is 66.4 Å². The van der Waals surface area contributed by atoms with E-state index in [1.807, 2.05) is 79.4 Å². The van der Waals surface area contributed by atoms with Crippen LogP contribution in [0.2, 0.25) is 5.02 Å². The number of ketones is 1. The third-order valence-corrected chi connectivity index (χ3v) is 6.48. The van der Waals surface area contributed by atoms with Gasteiger partial charge in [-0.15, -0.1) is 0 Å². The highest BCUT2D eigenvalue weighted by Crippen LogP contribution is 2.41. The second-order valence-electron chi connectivity index (χ2n) is 9.05. The van der Waals surface area contributed by atoms with Gasteiger partial charge < -0.3 is 10.2 Å². The maximum absolute atomic E-state index is 12.4. The van der Waals surface area contributed by atoms with Crippen LogP contribution in [0.25, 0.3) is 11.1 Å². The fraction of sp³-hybridized carbons (Fsp3) is 0.286. The van der Waals surface area contributed by atoms with Crippen LogP contribution in [-0.2, 0) is 4.79 Å². The summed E-state index contributed by atoms with van der Waals surface area (Å²) in [5, 5.41) is 4.32. The zero-order chi connectivity index (χ0) is 23.7. The minimum Gasteiger partial charge on any atom is -0.378 e. The normalized spacial score (nSPS) is 17.6. The third kappa shape index (κ3) is 4.81. The van der Waals surface area contributed by atoms with Crippen molar-refractivity contribution in [1.29, 1.82) is 0 Å². The molecule has 0 bridgehead atoms. The lowest BCUT2D eigenvalue weighted by molar-refractivity contribution is -0.117. The Balaban J connectivity index is 1.72. The molecule has 1 amide bonds. The van der Waals surface area contributed by atoms with Crippen molar-refractivity contribution in [3.63, 3.8) is 0 Å². The van der Waals surface area contributed by atoms with Crippen LogP contribution in [0.1, 0.15) is 56.1 Å². The average Bonchev–Trinajstić information content (AvgIpc) is 2.79. The van der Waals surface area contributed by atoms with Gasteiger partial charge in [0, 0.05) is 40.8 Å². The lowest BCUT2D eigenvalue weighted by Gasteiger charge is -2.39. The van der Waals surface area contributed by atoms with Crippen LogP contribution in [0.3, 0.4) is 0 Å². The first-order valence-electron chi connectivity index (χ1n) is 11.3. The van der Waals surface area contributed by atoms with Crippen molar-refractivity contribution in [3.8, 4) is 11.1 Å². The van der Waals surface area contributed by atoms with Crippen molar-refractivity contribution in [2.24, 2.45) is 5.92 Å². The number of anilines is 2. The summed E-state index contributed by atoms with van der Waals surface area (Å²) < 4.78 is 0. The smallest absolute Gasteiger partial charge is 0.224 e. The van der Waals surface area contributed by atoms with E-state index in [0.717, 1.165) is 40.0 Å². The monoisotopic (exact) mass is 460 g/mol. The van der Waals surface area contributed by atoms with E-state index in [4.69, 9.17) is 11.6 Å². The van der Waals surface area contributed by atoms with E-state index in [1.165, 1.54) is 0 Å². The molecule has 0 fully saturated rings. The zero-order valence-corrected chi connectivity index (χ0v) is 20.2. The number of amides is 1. The maximum atomic E-state index is 12.4. The number of hydrogen-bond acceptors (Lipinski definition) is 3. The van der Waals surface area contributed by atoms with E-state index in [1.54, 1.807) is 6.92 Å². The second kappa shape index (κ2) is 9.40. The van der Waals surface area contributed by atoms with Crippen LogP contribution in [0.5, 0.6) is 0 Å². The first kappa shape index (κ1) is 23.1. The lowest BCUT2D eigenvalue weighted by atomic mass is 9.88. The van der Waals surface area contributed by atoms with Crippen molar-refractivity contribution < 1.29 is 9.59 Å². The van der Waals surface area contributed by atoms with Gasteiger partial charge >= 0.3 is 0 Å². The summed E-state index contributed by atoms with van der Waals surface area (Å²) in [5.74, 6) is 0.155. The molecule has 4 rings (SSSR count). The van der Waals surface area contributed by atoms with Crippen LogP contribution < -0.4 is 10.2 Å². The van der Waals surface area contributed by atoms with E-state index in [-0.39, 0.29) is 29.7 Å². The predicted octanol–water partition coefficient (Wildman–Crippen LogP) is 7.14. The Kier molecular flexibility index (Phi) is 6.57. The highest BCUT2D eigenvalue weighted by atomic mass is 35.5. The topological polar surface area (TPSA) is 49.4 Å². The molecular formula is C28H29ClN2O2. The second-order valence-corrected chi connectivity index (χ2v) is 9.48. The van der Waals surface area contributed by atoms with Crippen LogP contribution in [0.15, 0.2) is 66.7 Å². The summed E-state index contributed by atoms with van der Waals surface area (Å²) in [7, 11) is 0. The van der Waals surface area contributed by atoms with E-state index in [2.05, 4.69) is 18.3 Å². The lowest BCUT2D eigenvalue weighted by Crippen LogP contribution is -2.43. The largest absolute Gasteiger partial charge is 0.378 e. The fourth-order valence-corrected chi connectivity index (χ4v) is 4.69. The summed E-state index contributed by atoms with van der Waals surface area (Å²) in [6.45, 7) is 7.52. The molecule has 2 atom stereocenters. The Bertz CT molecular complexity index is 1170.